The van der Waals surface area contributed by atoms with E-state index in [0.717, 1.165) is 112 Å². The Labute approximate surface area is 372 Å². The Bertz CT molecular complexity index is 2530. The molecule has 0 nitrogen and oxygen atoms in total. The zero-order valence-corrected chi connectivity index (χ0v) is 37.8. The first-order valence-corrected chi connectivity index (χ1v) is 27.8. The topological polar surface area (TPSA) is 0 Å². The van der Waals surface area contributed by atoms with Gasteiger partial charge in [0, 0.05) is 22.7 Å². The van der Waals surface area contributed by atoms with E-state index in [-0.39, 0.29) is 10.8 Å². The minimum absolute atomic E-state index is 0.222. The van der Waals surface area contributed by atoms with Crippen LogP contribution in [0.2, 0.25) is 0 Å². The van der Waals surface area contributed by atoms with Gasteiger partial charge in [-0.05, 0) is 202 Å². The van der Waals surface area contributed by atoms with Crippen LogP contribution in [0.1, 0.15) is 127 Å². The van der Waals surface area contributed by atoms with Gasteiger partial charge in [0.2, 0.25) is 0 Å². The van der Waals surface area contributed by atoms with Crippen molar-refractivity contribution in [1.82, 2.24) is 0 Å². The second-order valence-electron chi connectivity index (χ2n) is 26.2. The Hall–Kier alpha value is -2.60. The molecule has 0 amide bonds. The quantitative estimate of drug-likeness (QED) is 0.146. The third kappa shape index (κ3) is 3.27. The highest BCUT2D eigenvalue weighted by atomic mass is 14.9. The molecule has 10 fully saturated rings. The number of allylic oxidation sites excluding steroid dienone is 14. The van der Waals surface area contributed by atoms with Gasteiger partial charge in [-0.25, -0.2) is 0 Å². The lowest BCUT2D eigenvalue weighted by Crippen LogP contribution is -2.63. The minimum Gasteiger partial charge on any atom is -0.0845 e. The maximum Gasteiger partial charge on any atom is 0.0288 e. The Balaban J connectivity index is 0.812. The van der Waals surface area contributed by atoms with Crippen molar-refractivity contribution in [2.24, 2.45) is 135 Å². The van der Waals surface area contributed by atoms with E-state index in [9.17, 15) is 0 Å². The summed E-state index contributed by atoms with van der Waals surface area (Å²) in [5, 5.41) is 0. The summed E-state index contributed by atoms with van der Waals surface area (Å²) in [5.74, 6) is 20.1. The van der Waals surface area contributed by atoms with Crippen molar-refractivity contribution in [3.63, 3.8) is 0 Å². The molecule has 1 aromatic carbocycles. The summed E-state index contributed by atoms with van der Waals surface area (Å²) in [6.07, 6.45) is 40.4. The highest BCUT2D eigenvalue weighted by Crippen LogP contribution is 2.95. The standard InChI is InChI=1S/C62H70/c1-3-4-5-6-7-8-9-10-11-12-13-30-14-16-31(17-15-30)58-29(2)28-61-40-26-27-41-39-25-23-37-35-21-19-33-32-18-20-34-36-22-24-38(40)48-46(36)51-44(34)42(32)50-43(33)45(35)52-47(37)49(39)60(62(41,58)61)57-55(52)53(50)54(51)56(57)59(48)61/h14-18,20,22,24,26-27,29,32-37,42-47,49-50,52-53,55-58,60H,3-13,19,21,23,25,28H2,1-2H3. The summed E-state index contributed by atoms with van der Waals surface area (Å²) in [6, 6.07) is 10.8. The first kappa shape index (κ1) is 34.7. The van der Waals surface area contributed by atoms with Gasteiger partial charge in [0.15, 0.2) is 0 Å². The van der Waals surface area contributed by atoms with E-state index in [1.54, 1.807) is 36.0 Å². The van der Waals surface area contributed by atoms with E-state index in [1.165, 1.54) is 83.5 Å². The molecular formula is C62H70. The van der Waals surface area contributed by atoms with Gasteiger partial charge in [-0.3, -0.25) is 0 Å². The second-order valence-corrected chi connectivity index (χ2v) is 26.2. The molecule has 17 aliphatic carbocycles. The van der Waals surface area contributed by atoms with Crippen LogP contribution in [-0.2, 0) is 6.42 Å². The molecule has 24 unspecified atom stereocenters. The van der Waals surface area contributed by atoms with E-state index in [2.05, 4.69) is 96.9 Å². The van der Waals surface area contributed by atoms with E-state index in [4.69, 9.17) is 0 Å². The van der Waals surface area contributed by atoms with Crippen LogP contribution in [0.3, 0.4) is 0 Å². The largest absolute Gasteiger partial charge is 0.0845 e. The predicted molar refractivity (Wildman–Crippen MR) is 247 cm³/mol. The average Bonchev–Trinajstić information content (AvgIpc) is 4.14. The predicted octanol–water partition coefficient (Wildman–Crippen LogP) is 14.2. The smallest absolute Gasteiger partial charge is 0.0288 e. The first-order chi connectivity index (χ1) is 30.7. The van der Waals surface area contributed by atoms with Crippen molar-refractivity contribution in [3.8, 4) is 0 Å². The molecule has 1 aromatic rings. The third-order valence-electron chi connectivity index (χ3n) is 25.6. The van der Waals surface area contributed by atoms with Crippen LogP contribution in [0.15, 0.2) is 105 Å². The van der Waals surface area contributed by atoms with Crippen molar-refractivity contribution >= 4 is 0 Å². The molecule has 318 valence electrons. The van der Waals surface area contributed by atoms with Crippen molar-refractivity contribution in [2.75, 3.05) is 0 Å². The lowest BCUT2D eigenvalue weighted by atomic mass is 9.36. The van der Waals surface area contributed by atoms with Crippen molar-refractivity contribution in [1.29, 1.82) is 0 Å². The van der Waals surface area contributed by atoms with E-state index in [1.807, 2.05) is 16.7 Å². The number of hydrogen-bond donors (Lipinski definition) is 0. The average molecular weight is 815 g/mol. The van der Waals surface area contributed by atoms with Crippen molar-refractivity contribution < 1.29 is 0 Å². The van der Waals surface area contributed by atoms with Gasteiger partial charge < -0.3 is 0 Å². The van der Waals surface area contributed by atoms with Crippen LogP contribution < -0.4 is 0 Å². The molecule has 0 bridgehead atoms. The summed E-state index contributed by atoms with van der Waals surface area (Å²) in [5.41, 5.74) is 20.1. The molecule has 0 heteroatoms. The Kier molecular flexibility index (Phi) is 6.24. The summed E-state index contributed by atoms with van der Waals surface area (Å²) < 4.78 is 0. The molecule has 62 heavy (non-hydrogen) atoms. The molecule has 0 aliphatic heterocycles. The monoisotopic (exact) mass is 815 g/mol. The number of aryl methyl sites for hydroxylation is 1. The molecule has 18 rings (SSSR count). The third-order valence-corrected chi connectivity index (χ3v) is 25.6. The van der Waals surface area contributed by atoms with E-state index >= 15 is 0 Å². The summed E-state index contributed by atoms with van der Waals surface area (Å²) >= 11 is 0. The van der Waals surface area contributed by atoms with Gasteiger partial charge in [-0.1, -0.05) is 149 Å². The fourth-order valence-electron chi connectivity index (χ4n) is 25.7. The van der Waals surface area contributed by atoms with Crippen molar-refractivity contribution in [3.05, 3.63) is 116 Å². The van der Waals surface area contributed by atoms with Crippen LogP contribution in [0.4, 0.5) is 0 Å². The summed E-state index contributed by atoms with van der Waals surface area (Å²) in [6.45, 7) is 5.13. The van der Waals surface area contributed by atoms with Crippen molar-refractivity contribution in [2.45, 2.75) is 122 Å². The molecule has 10 saturated carbocycles. The maximum absolute atomic E-state index is 2.95. The van der Waals surface area contributed by atoms with Gasteiger partial charge in [-0.15, -0.1) is 0 Å². The highest BCUT2D eigenvalue weighted by molar-refractivity contribution is 5.78. The molecular weight excluding hydrogens is 745 g/mol. The molecule has 0 radical (unpaired) electrons. The SMILES string of the molecule is CCCCCCCCCCCCc1ccc(C2C(C)CC34C5=C6C=CC7C8C6=C3C3C6=C8C8C7C=CC7C9CCC%10C%11CCC%12=C(C=C5)C24C2C%12C%11C4C%10C9C(C6C4C32)C78)cc1. The lowest BCUT2D eigenvalue weighted by Gasteiger charge is -2.66. The van der Waals surface area contributed by atoms with Crippen LogP contribution >= 0.6 is 0 Å². The first-order valence-electron chi connectivity index (χ1n) is 27.8. The molecule has 17 aliphatic rings. The lowest BCUT2D eigenvalue weighted by molar-refractivity contribution is -0.143. The molecule has 24 atom stereocenters. The molecule has 0 saturated heterocycles. The van der Waals surface area contributed by atoms with Crippen LogP contribution in [-0.4, -0.2) is 0 Å². The van der Waals surface area contributed by atoms with Gasteiger partial charge in [0.25, 0.3) is 0 Å². The molecule has 2 spiro atoms. The molecule has 0 aromatic heterocycles. The van der Waals surface area contributed by atoms with Crippen LogP contribution in [0, 0.1) is 135 Å². The zero-order valence-electron chi connectivity index (χ0n) is 37.8. The Morgan fingerprint density at radius 2 is 1.31 bits per heavy atom. The molecule has 0 heterocycles. The zero-order chi connectivity index (χ0) is 39.9. The number of rotatable bonds is 12. The maximum atomic E-state index is 2.95. The fourth-order valence-corrected chi connectivity index (χ4v) is 25.7. The van der Waals surface area contributed by atoms with Crippen LogP contribution in [0.5, 0.6) is 0 Å². The minimum atomic E-state index is 0.222. The van der Waals surface area contributed by atoms with Crippen LogP contribution in [0.25, 0.3) is 0 Å². The molecule has 0 N–H and O–H groups in total. The normalized spacial score (nSPS) is 56.0. The second kappa shape index (κ2) is 11.1. The van der Waals surface area contributed by atoms with E-state index < -0.39 is 0 Å². The number of hydrogen-bond acceptors (Lipinski definition) is 0. The van der Waals surface area contributed by atoms with Gasteiger partial charge in [0.1, 0.15) is 0 Å². The number of unbranched alkanes of at least 4 members (excludes halogenated alkanes) is 9. The Morgan fingerprint density at radius 3 is 2.16 bits per heavy atom. The number of fused-ring (bicyclic) bond motifs is 3. The van der Waals surface area contributed by atoms with E-state index in [0.29, 0.717) is 17.8 Å². The Morgan fingerprint density at radius 1 is 0.581 bits per heavy atom. The number of benzene rings is 1. The fraction of sp³-hybridized carbons (Fsp3) is 0.677. The summed E-state index contributed by atoms with van der Waals surface area (Å²) in [4.78, 5) is 0. The van der Waals surface area contributed by atoms with Gasteiger partial charge in [-0.2, -0.15) is 0 Å². The summed E-state index contributed by atoms with van der Waals surface area (Å²) in [7, 11) is 0. The van der Waals surface area contributed by atoms with Gasteiger partial charge >= 0.3 is 0 Å². The highest BCUT2D eigenvalue weighted by Gasteiger charge is 2.89. The van der Waals surface area contributed by atoms with Gasteiger partial charge in [0.05, 0.1) is 0 Å².